The van der Waals surface area contributed by atoms with Crippen LogP contribution < -0.4 is 14.8 Å². The number of amides is 1. The first-order valence-corrected chi connectivity index (χ1v) is 11.3. The first-order chi connectivity index (χ1) is 16.3. The first kappa shape index (κ1) is 23.7. The third-order valence-electron chi connectivity index (χ3n) is 5.61. The van der Waals surface area contributed by atoms with Crippen molar-refractivity contribution in [3.05, 3.63) is 82.0 Å². The quantitative estimate of drug-likeness (QED) is 0.277. The van der Waals surface area contributed by atoms with Crippen LogP contribution in [0.4, 0.5) is 5.69 Å². The van der Waals surface area contributed by atoms with Gasteiger partial charge < -0.3 is 19.2 Å². The molecule has 0 atom stereocenters. The maximum absolute atomic E-state index is 12.8. The smallest absolute Gasteiger partial charge is 0.248 e. The normalized spacial score (nSPS) is 11.5. The fourth-order valence-corrected chi connectivity index (χ4v) is 4.49. The molecule has 0 saturated carbocycles. The predicted octanol–water partition coefficient (Wildman–Crippen LogP) is 7.77. The van der Waals surface area contributed by atoms with E-state index in [1.807, 2.05) is 38.1 Å². The van der Waals surface area contributed by atoms with Crippen LogP contribution in [-0.4, -0.2) is 20.1 Å². The van der Waals surface area contributed by atoms with Crippen LogP contribution in [0.15, 0.2) is 65.3 Å². The van der Waals surface area contributed by atoms with Crippen molar-refractivity contribution in [1.82, 2.24) is 0 Å². The van der Waals surface area contributed by atoms with Gasteiger partial charge in [0, 0.05) is 38.7 Å². The third-order valence-corrected chi connectivity index (χ3v) is 6.15. The molecule has 1 heterocycles. The topological polar surface area (TPSA) is 60.7 Å². The molecule has 0 unspecified atom stereocenters. The first-order valence-electron chi connectivity index (χ1n) is 10.5. The maximum Gasteiger partial charge on any atom is 0.248 e. The number of carbonyl (C=O) groups is 1. The molecular formula is C27H23Cl2NO4. The minimum atomic E-state index is -0.282. The fourth-order valence-electron chi connectivity index (χ4n) is 3.98. The standard InChI is InChI=1S/C27H23Cl2NO4/c1-15(11-25(31)30-23-7-5-6-8-24(23)32-3)19-13-20-21(18-10-9-17(28)12-22(18)29)14-34-27(20)16(2)26(19)33-4/h5-14H,1-4H3,(H,30,31)/b15-11+. The summed E-state index contributed by atoms with van der Waals surface area (Å²) in [7, 11) is 3.16. The Morgan fingerprint density at radius 3 is 2.50 bits per heavy atom. The Morgan fingerprint density at radius 2 is 1.79 bits per heavy atom. The summed E-state index contributed by atoms with van der Waals surface area (Å²) >= 11 is 12.5. The molecule has 0 bridgehead atoms. The molecule has 4 rings (SSSR count). The van der Waals surface area contributed by atoms with Crippen LogP contribution in [0, 0.1) is 6.92 Å². The van der Waals surface area contributed by atoms with E-state index in [1.165, 1.54) is 6.08 Å². The van der Waals surface area contributed by atoms with Crippen molar-refractivity contribution >= 4 is 51.3 Å². The van der Waals surface area contributed by atoms with Crippen LogP contribution in [0.25, 0.3) is 27.7 Å². The van der Waals surface area contributed by atoms with Crippen LogP contribution in [0.1, 0.15) is 18.1 Å². The van der Waals surface area contributed by atoms with Crippen molar-refractivity contribution < 1.29 is 18.7 Å². The van der Waals surface area contributed by atoms with E-state index >= 15 is 0 Å². The van der Waals surface area contributed by atoms with Gasteiger partial charge in [0.25, 0.3) is 0 Å². The molecule has 1 aromatic heterocycles. The van der Waals surface area contributed by atoms with E-state index in [0.717, 1.165) is 33.2 Å². The van der Waals surface area contributed by atoms with Gasteiger partial charge in [-0.05, 0) is 49.8 Å². The summed E-state index contributed by atoms with van der Waals surface area (Å²) in [5.41, 5.74) is 5.23. The molecule has 3 aromatic carbocycles. The number of para-hydroxylation sites is 2. The number of furan rings is 1. The minimum absolute atomic E-state index is 0.282. The number of hydrogen-bond acceptors (Lipinski definition) is 4. The van der Waals surface area contributed by atoms with Gasteiger partial charge >= 0.3 is 0 Å². The van der Waals surface area contributed by atoms with Gasteiger partial charge in [0.2, 0.25) is 5.91 Å². The molecule has 34 heavy (non-hydrogen) atoms. The molecule has 0 aliphatic carbocycles. The average Bonchev–Trinajstić information content (AvgIpc) is 3.23. The van der Waals surface area contributed by atoms with Crippen molar-refractivity contribution in [2.75, 3.05) is 19.5 Å². The number of nitrogens with one attached hydrogen (secondary N) is 1. The van der Waals surface area contributed by atoms with Gasteiger partial charge in [-0.3, -0.25) is 4.79 Å². The van der Waals surface area contributed by atoms with Crippen molar-refractivity contribution in [3.63, 3.8) is 0 Å². The van der Waals surface area contributed by atoms with Crippen LogP contribution in [0.3, 0.4) is 0 Å². The summed E-state index contributed by atoms with van der Waals surface area (Å²) in [4.78, 5) is 12.8. The molecule has 0 fully saturated rings. The molecule has 0 radical (unpaired) electrons. The highest BCUT2D eigenvalue weighted by Gasteiger charge is 2.20. The Bertz CT molecular complexity index is 1420. The van der Waals surface area contributed by atoms with Gasteiger partial charge in [0.1, 0.15) is 17.1 Å². The van der Waals surface area contributed by atoms with Crippen molar-refractivity contribution in [3.8, 4) is 22.6 Å². The molecule has 1 N–H and O–H groups in total. The lowest BCUT2D eigenvalue weighted by molar-refractivity contribution is -0.111. The lowest BCUT2D eigenvalue weighted by Crippen LogP contribution is -2.09. The second kappa shape index (κ2) is 9.84. The summed E-state index contributed by atoms with van der Waals surface area (Å²) in [6.07, 6.45) is 3.20. The lowest BCUT2D eigenvalue weighted by atomic mass is 9.96. The van der Waals surface area contributed by atoms with E-state index in [9.17, 15) is 4.79 Å². The van der Waals surface area contributed by atoms with E-state index in [4.69, 9.17) is 37.1 Å². The third kappa shape index (κ3) is 4.49. The zero-order valence-corrected chi connectivity index (χ0v) is 20.7. The van der Waals surface area contributed by atoms with Gasteiger partial charge in [0.05, 0.1) is 31.2 Å². The average molecular weight is 496 g/mol. The number of carbonyl (C=O) groups excluding carboxylic acids is 1. The number of halogens is 2. The van der Waals surface area contributed by atoms with Gasteiger partial charge in [-0.15, -0.1) is 0 Å². The highest BCUT2D eigenvalue weighted by atomic mass is 35.5. The molecule has 4 aromatic rings. The summed E-state index contributed by atoms with van der Waals surface area (Å²) in [5.74, 6) is 0.934. The van der Waals surface area contributed by atoms with Crippen molar-refractivity contribution in [2.45, 2.75) is 13.8 Å². The number of rotatable bonds is 6. The molecule has 0 aliphatic rings. The van der Waals surface area contributed by atoms with Crippen LogP contribution in [0.2, 0.25) is 10.0 Å². The summed E-state index contributed by atoms with van der Waals surface area (Å²) in [5, 5.41) is 4.80. The minimum Gasteiger partial charge on any atom is -0.496 e. The van der Waals surface area contributed by atoms with E-state index in [1.54, 1.807) is 44.7 Å². The van der Waals surface area contributed by atoms with Crippen LogP contribution >= 0.6 is 23.2 Å². The number of ether oxygens (including phenoxy) is 2. The summed E-state index contributed by atoms with van der Waals surface area (Å²) in [6.45, 7) is 3.78. The maximum atomic E-state index is 12.8. The number of methoxy groups -OCH3 is 2. The largest absolute Gasteiger partial charge is 0.496 e. The summed E-state index contributed by atoms with van der Waals surface area (Å²) in [6, 6.07) is 14.5. The Morgan fingerprint density at radius 1 is 1.03 bits per heavy atom. The Hall–Kier alpha value is -3.41. The monoisotopic (exact) mass is 495 g/mol. The van der Waals surface area contributed by atoms with Gasteiger partial charge in [0.15, 0.2) is 0 Å². The molecule has 0 saturated heterocycles. The highest BCUT2D eigenvalue weighted by Crippen LogP contribution is 2.42. The van der Waals surface area contributed by atoms with Gasteiger partial charge in [-0.25, -0.2) is 0 Å². The molecule has 5 nitrogen and oxygen atoms in total. The number of aryl methyl sites for hydroxylation is 1. The Kier molecular flexibility index (Phi) is 6.87. The second-order valence-corrected chi connectivity index (χ2v) is 8.59. The molecule has 0 aliphatic heterocycles. The SMILES string of the molecule is COc1ccccc1NC(=O)/C=C(\C)c1cc2c(-c3ccc(Cl)cc3Cl)coc2c(C)c1OC. The second-order valence-electron chi connectivity index (χ2n) is 7.75. The van der Waals surface area contributed by atoms with E-state index < -0.39 is 0 Å². The van der Waals surface area contributed by atoms with Crippen molar-refractivity contribution in [1.29, 1.82) is 0 Å². The molecule has 174 valence electrons. The predicted molar refractivity (Wildman–Crippen MR) is 138 cm³/mol. The highest BCUT2D eigenvalue weighted by molar-refractivity contribution is 6.36. The number of benzene rings is 3. The molecule has 7 heteroatoms. The van der Waals surface area contributed by atoms with Crippen LogP contribution in [-0.2, 0) is 4.79 Å². The van der Waals surface area contributed by atoms with E-state index in [2.05, 4.69) is 5.32 Å². The van der Waals surface area contributed by atoms with E-state index in [0.29, 0.717) is 32.8 Å². The number of allylic oxidation sites excluding steroid dienone is 1. The zero-order valence-electron chi connectivity index (χ0n) is 19.2. The summed E-state index contributed by atoms with van der Waals surface area (Å²) < 4.78 is 16.9. The van der Waals surface area contributed by atoms with E-state index in [-0.39, 0.29) is 5.91 Å². The van der Waals surface area contributed by atoms with Gasteiger partial charge in [-0.1, -0.05) is 41.4 Å². The lowest BCUT2D eigenvalue weighted by Gasteiger charge is -2.14. The zero-order chi connectivity index (χ0) is 24.4. The number of hydrogen-bond donors (Lipinski definition) is 1. The Balaban J connectivity index is 1.78. The fraction of sp³-hybridized carbons (Fsp3) is 0.148. The van der Waals surface area contributed by atoms with Crippen molar-refractivity contribution in [2.24, 2.45) is 0 Å². The number of fused-ring (bicyclic) bond motifs is 1. The molecular weight excluding hydrogens is 473 g/mol. The van der Waals surface area contributed by atoms with Crippen LogP contribution in [0.5, 0.6) is 11.5 Å². The molecule has 1 amide bonds. The van der Waals surface area contributed by atoms with Gasteiger partial charge in [-0.2, -0.15) is 0 Å². The Labute approximate surface area is 207 Å². The molecule has 0 spiro atoms. The number of anilines is 1.